The lowest BCUT2D eigenvalue weighted by Crippen LogP contribution is -2.39. The molecule has 1 aliphatic rings. The number of carbonyl (C=O) groups is 1. The second kappa shape index (κ2) is 9.26. The lowest BCUT2D eigenvalue weighted by atomic mass is 9.98. The third kappa shape index (κ3) is 6.34. The van der Waals surface area contributed by atoms with Crippen molar-refractivity contribution in [1.29, 1.82) is 0 Å². The van der Waals surface area contributed by atoms with Crippen molar-refractivity contribution in [2.75, 3.05) is 13.2 Å². The topological polar surface area (TPSA) is 64.3 Å². The maximum Gasteiger partial charge on any atom is 0.230 e. The van der Waals surface area contributed by atoms with E-state index in [0.717, 1.165) is 19.3 Å². The second-order valence-corrected chi connectivity index (χ2v) is 5.64. The Morgan fingerprint density at radius 1 is 1.42 bits per heavy atom. The van der Waals surface area contributed by atoms with Crippen molar-refractivity contribution in [2.45, 2.75) is 58.0 Å². The molecule has 4 nitrogen and oxygen atoms in total. The molecular formula is C14H26N2O2S. The Kier molecular flexibility index (Phi) is 7.98. The summed E-state index contributed by atoms with van der Waals surface area (Å²) in [4.78, 5) is 12.2. The first kappa shape index (κ1) is 16.4. The molecule has 0 saturated heterocycles. The van der Waals surface area contributed by atoms with Crippen LogP contribution in [0.4, 0.5) is 0 Å². The summed E-state index contributed by atoms with van der Waals surface area (Å²) in [6.07, 6.45) is 8.14. The summed E-state index contributed by atoms with van der Waals surface area (Å²) in [7, 11) is 0. The number of nitrogens with one attached hydrogen (secondary N) is 1. The van der Waals surface area contributed by atoms with Gasteiger partial charge in [0.25, 0.3) is 0 Å². The van der Waals surface area contributed by atoms with Crippen molar-refractivity contribution in [3.63, 3.8) is 0 Å². The molecule has 0 aromatic heterocycles. The van der Waals surface area contributed by atoms with E-state index in [1.807, 2.05) is 6.92 Å². The molecule has 1 saturated carbocycles. The Hall–Kier alpha value is -0.680. The van der Waals surface area contributed by atoms with Gasteiger partial charge in [-0.2, -0.15) is 0 Å². The quantitative estimate of drug-likeness (QED) is 0.530. The number of ether oxygens (including phenoxy) is 1. The average Bonchev–Trinajstić information content (AvgIpc) is 2.41. The summed E-state index contributed by atoms with van der Waals surface area (Å²) in [5.74, 6) is -0.406. The van der Waals surface area contributed by atoms with E-state index in [4.69, 9.17) is 22.7 Å². The highest BCUT2D eigenvalue weighted by molar-refractivity contribution is 7.80. The Morgan fingerprint density at radius 2 is 2.11 bits per heavy atom. The minimum absolute atomic E-state index is 0.0680. The van der Waals surface area contributed by atoms with Gasteiger partial charge in [0.2, 0.25) is 5.91 Å². The fraction of sp³-hybridized carbons (Fsp3) is 0.857. The first-order valence-corrected chi connectivity index (χ1v) is 7.74. The monoisotopic (exact) mass is 286 g/mol. The maximum atomic E-state index is 11.9. The highest BCUT2D eigenvalue weighted by atomic mass is 32.1. The van der Waals surface area contributed by atoms with E-state index in [0.29, 0.717) is 25.7 Å². The third-order valence-electron chi connectivity index (χ3n) is 3.54. The Morgan fingerprint density at radius 3 is 2.68 bits per heavy atom. The number of rotatable bonds is 8. The van der Waals surface area contributed by atoms with E-state index in [1.165, 1.54) is 19.3 Å². The predicted octanol–water partition coefficient (Wildman–Crippen LogP) is 2.15. The molecule has 0 aromatic rings. The molecule has 1 atom stereocenters. The summed E-state index contributed by atoms with van der Waals surface area (Å²) < 4.78 is 5.75. The van der Waals surface area contributed by atoms with Gasteiger partial charge in [-0.05, 0) is 19.3 Å². The van der Waals surface area contributed by atoms with Gasteiger partial charge in [0.1, 0.15) is 0 Å². The summed E-state index contributed by atoms with van der Waals surface area (Å²) in [5, 5.41) is 2.86. The van der Waals surface area contributed by atoms with Gasteiger partial charge in [-0.1, -0.05) is 44.8 Å². The van der Waals surface area contributed by atoms with Crippen LogP contribution in [0, 0.1) is 5.92 Å². The lowest BCUT2D eigenvalue weighted by molar-refractivity contribution is -0.123. The minimum atomic E-state index is -0.338. The molecule has 1 aliphatic carbocycles. The third-order valence-corrected chi connectivity index (χ3v) is 3.83. The molecule has 1 fully saturated rings. The zero-order valence-electron chi connectivity index (χ0n) is 11.8. The standard InChI is InChI=1S/C14H26N2O2S/c1-2-6-12(13(15)19)14(17)16-9-10-18-11-7-4-3-5-8-11/h11-12H,2-10H2,1H3,(H2,15,19)(H,16,17). The van der Waals surface area contributed by atoms with Gasteiger partial charge in [0.15, 0.2) is 0 Å². The molecule has 0 aromatic carbocycles. The van der Waals surface area contributed by atoms with E-state index < -0.39 is 0 Å². The van der Waals surface area contributed by atoms with Crippen molar-refractivity contribution >= 4 is 23.1 Å². The van der Waals surface area contributed by atoms with Crippen molar-refractivity contribution in [1.82, 2.24) is 5.32 Å². The molecule has 3 N–H and O–H groups in total. The molecule has 0 bridgehead atoms. The first-order valence-electron chi connectivity index (χ1n) is 7.33. The largest absolute Gasteiger partial charge is 0.393 e. The van der Waals surface area contributed by atoms with Crippen LogP contribution in [0.5, 0.6) is 0 Å². The first-order chi connectivity index (χ1) is 9.15. The van der Waals surface area contributed by atoms with Gasteiger partial charge >= 0.3 is 0 Å². The van der Waals surface area contributed by atoms with Gasteiger partial charge in [0, 0.05) is 6.54 Å². The van der Waals surface area contributed by atoms with Crippen molar-refractivity contribution in [3.8, 4) is 0 Å². The number of hydrogen-bond donors (Lipinski definition) is 2. The zero-order chi connectivity index (χ0) is 14.1. The van der Waals surface area contributed by atoms with Crippen LogP contribution in [0.3, 0.4) is 0 Å². The van der Waals surface area contributed by atoms with Gasteiger partial charge in [0.05, 0.1) is 23.6 Å². The predicted molar refractivity (Wildman–Crippen MR) is 81.0 cm³/mol. The van der Waals surface area contributed by atoms with Crippen LogP contribution in [-0.4, -0.2) is 30.2 Å². The Labute approximate surface area is 121 Å². The molecule has 0 heterocycles. The van der Waals surface area contributed by atoms with E-state index in [2.05, 4.69) is 5.32 Å². The summed E-state index contributed by atoms with van der Waals surface area (Å²) in [6, 6.07) is 0. The second-order valence-electron chi connectivity index (χ2n) is 5.17. The Bertz CT molecular complexity index is 291. The fourth-order valence-corrected chi connectivity index (χ4v) is 2.67. The van der Waals surface area contributed by atoms with Crippen LogP contribution in [0.1, 0.15) is 51.9 Å². The maximum absolute atomic E-state index is 11.9. The van der Waals surface area contributed by atoms with E-state index in [-0.39, 0.29) is 16.8 Å². The molecule has 1 rings (SSSR count). The number of nitrogens with two attached hydrogens (primary N) is 1. The number of carbonyl (C=O) groups excluding carboxylic acids is 1. The summed E-state index contributed by atoms with van der Waals surface area (Å²) in [5.41, 5.74) is 5.58. The van der Waals surface area contributed by atoms with Crippen LogP contribution >= 0.6 is 12.2 Å². The summed E-state index contributed by atoms with van der Waals surface area (Å²) >= 11 is 4.93. The van der Waals surface area contributed by atoms with Gasteiger partial charge in [-0.15, -0.1) is 0 Å². The van der Waals surface area contributed by atoms with Crippen molar-refractivity contribution in [3.05, 3.63) is 0 Å². The number of hydrogen-bond acceptors (Lipinski definition) is 3. The molecule has 0 spiro atoms. The molecular weight excluding hydrogens is 260 g/mol. The molecule has 19 heavy (non-hydrogen) atoms. The molecule has 1 amide bonds. The number of amides is 1. The highest BCUT2D eigenvalue weighted by Crippen LogP contribution is 2.19. The molecule has 0 aliphatic heterocycles. The average molecular weight is 286 g/mol. The zero-order valence-corrected chi connectivity index (χ0v) is 12.6. The van der Waals surface area contributed by atoms with Gasteiger partial charge in [-0.3, -0.25) is 4.79 Å². The minimum Gasteiger partial charge on any atom is -0.393 e. The van der Waals surface area contributed by atoms with Crippen LogP contribution in [-0.2, 0) is 9.53 Å². The normalized spacial score (nSPS) is 17.9. The molecule has 0 radical (unpaired) electrons. The van der Waals surface area contributed by atoms with E-state index in [1.54, 1.807) is 0 Å². The van der Waals surface area contributed by atoms with Crippen LogP contribution in [0.2, 0.25) is 0 Å². The molecule has 1 unspecified atom stereocenters. The van der Waals surface area contributed by atoms with Gasteiger partial charge in [-0.25, -0.2) is 0 Å². The van der Waals surface area contributed by atoms with Crippen molar-refractivity contribution in [2.24, 2.45) is 11.7 Å². The van der Waals surface area contributed by atoms with Crippen LogP contribution < -0.4 is 11.1 Å². The number of thiocarbonyl (C=S) groups is 1. The Balaban J connectivity index is 2.16. The van der Waals surface area contributed by atoms with Crippen molar-refractivity contribution < 1.29 is 9.53 Å². The lowest BCUT2D eigenvalue weighted by Gasteiger charge is -2.22. The SMILES string of the molecule is CCCC(C(=O)NCCOC1CCCCC1)C(N)=S. The van der Waals surface area contributed by atoms with E-state index >= 15 is 0 Å². The van der Waals surface area contributed by atoms with E-state index in [9.17, 15) is 4.79 Å². The molecule has 110 valence electrons. The molecule has 5 heteroatoms. The van der Waals surface area contributed by atoms with Gasteiger partial charge < -0.3 is 15.8 Å². The smallest absolute Gasteiger partial charge is 0.230 e. The van der Waals surface area contributed by atoms with Crippen LogP contribution in [0.15, 0.2) is 0 Å². The summed E-state index contributed by atoms with van der Waals surface area (Å²) in [6.45, 7) is 3.13. The van der Waals surface area contributed by atoms with Crippen LogP contribution in [0.25, 0.3) is 0 Å². The highest BCUT2D eigenvalue weighted by Gasteiger charge is 2.20. The fourth-order valence-electron chi connectivity index (χ4n) is 2.45.